The van der Waals surface area contributed by atoms with Crippen molar-refractivity contribution in [3.8, 4) is 0 Å². The van der Waals surface area contributed by atoms with E-state index in [0.717, 1.165) is 49.1 Å². The average Bonchev–Trinajstić information content (AvgIpc) is 3.05. The molecule has 1 fully saturated rings. The first-order chi connectivity index (χ1) is 12.4. The summed E-state index contributed by atoms with van der Waals surface area (Å²) in [6.07, 6.45) is 3.77. The Kier molecular flexibility index (Phi) is 5.72. The van der Waals surface area contributed by atoms with Crippen molar-refractivity contribution in [3.05, 3.63) is 34.3 Å². The largest absolute Gasteiger partial charge is 0.377 e. The maximum absolute atomic E-state index is 12.4. The van der Waals surface area contributed by atoms with E-state index in [1.807, 2.05) is 0 Å². The minimum atomic E-state index is -0.104. The molecule has 3 heterocycles. The molecule has 0 amide bonds. The van der Waals surface area contributed by atoms with Gasteiger partial charge in [-0.2, -0.15) is 4.37 Å². The van der Waals surface area contributed by atoms with Gasteiger partial charge < -0.3 is 9.64 Å². The maximum atomic E-state index is 12.4. The summed E-state index contributed by atoms with van der Waals surface area (Å²) in [5, 5.41) is 0.962. The molecule has 8 heteroatoms. The number of piperidine rings is 1. The Balaban J connectivity index is 1.58. The first-order valence-corrected chi connectivity index (χ1v) is 9.77. The van der Waals surface area contributed by atoms with E-state index in [2.05, 4.69) is 40.0 Å². The highest BCUT2D eigenvalue weighted by Crippen LogP contribution is 2.25. The van der Waals surface area contributed by atoms with Crippen molar-refractivity contribution in [2.24, 2.45) is 5.92 Å². The van der Waals surface area contributed by atoms with Crippen molar-refractivity contribution in [1.29, 1.82) is 0 Å². The van der Waals surface area contributed by atoms with Crippen LogP contribution in [0.5, 0.6) is 0 Å². The summed E-state index contributed by atoms with van der Waals surface area (Å²) >= 11 is 1.43. The monoisotopic (exact) mass is 377 g/mol. The zero-order valence-corrected chi connectivity index (χ0v) is 16.8. The fourth-order valence-electron chi connectivity index (χ4n) is 3.12. The molecule has 0 atom stereocenters. The van der Waals surface area contributed by atoms with Crippen molar-refractivity contribution in [2.45, 2.75) is 52.2 Å². The Morgan fingerprint density at radius 1 is 1.31 bits per heavy atom. The summed E-state index contributed by atoms with van der Waals surface area (Å²) in [7, 11) is 1.65. The SMILES string of the molecule is COCc1nsc(N2CCC(Cn3cnc(C(C)(C)C)cc3=O)CC2)n1. The standard InChI is InChI=1S/C18H27N5O2S/c1-18(2,3)14-9-16(24)23(12-19-14)10-13-5-7-22(8-6-13)17-20-15(11-25-4)21-26-17/h9,12-13H,5-8,10-11H2,1-4H3. The summed E-state index contributed by atoms with van der Waals surface area (Å²) in [5.41, 5.74) is 0.782. The first-order valence-electron chi connectivity index (χ1n) is 9.00. The van der Waals surface area contributed by atoms with Gasteiger partial charge in [0.1, 0.15) is 6.61 Å². The van der Waals surface area contributed by atoms with Gasteiger partial charge in [-0.25, -0.2) is 9.97 Å². The lowest BCUT2D eigenvalue weighted by Crippen LogP contribution is -2.36. The predicted octanol–water partition coefficient (Wildman–Crippen LogP) is 2.46. The number of aromatic nitrogens is 4. The van der Waals surface area contributed by atoms with Crippen molar-refractivity contribution < 1.29 is 4.74 Å². The molecule has 0 aromatic carbocycles. The van der Waals surface area contributed by atoms with Gasteiger partial charge in [0, 0.05) is 49.8 Å². The molecular formula is C18H27N5O2S. The van der Waals surface area contributed by atoms with Crippen LogP contribution in [0.2, 0.25) is 0 Å². The van der Waals surface area contributed by atoms with Crippen LogP contribution in [0, 0.1) is 5.92 Å². The minimum Gasteiger partial charge on any atom is -0.377 e. The quantitative estimate of drug-likeness (QED) is 0.797. The second-order valence-corrected chi connectivity index (χ2v) is 8.60. The van der Waals surface area contributed by atoms with Gasteiger partial charge in [-0.3, -0.25) is 9.36 Å². The highest BCUT2D eigenvalue weighted by molar-refractivity contribution is 7.09. The Hall–Kier alpha value is -1.80. The van der Waals surface area contributed by atoms with Gasteiger partial charge in [-0.1, -0.05) is 20.8 Å². The number of methoxy groups -OCH3 is 1. The van der Waals surface area contributed by atoms with Gasteiger partial charge in [-0.15, -0.1) is 0 Å². The summed E-state index contributed by atoms with van der Waals surface area (Å²) in [4.78, 5) is 23.7. The zero-order chi connectivity index (χ0) is 18.7. The molecular weight excluding hydrogens is 350 g/mol. The summed E-state index contributed by atoms with van der Waals surface area (Å²) < 4.78 is 11.1. The molecule has 0 unspecified atom stereocenters. The topological polar surface area (TPSA) is 73.1 Å². The highest BCUT2D eigenvalue weighted by Gasteiger charge is 2.23. The van der Waals surface area contributed by atoms with Crippen LogP contribution in [-0.2, 0) is 23.3 Å². The van der Waals surface area contributed by atoms with Crippen LogP contribution < -0.4 is 10.5 Å². The van der Waals surface area contributed by atoms with Crippen LogP contribution in [0.1, 0.15) is 45.1 Å². The molecule has 26 heavy (non-hydrogen) atoms. The number of rotatable bonds is 5. The van der Waals surface area contributed by atoms with E-state index in [4.69, 9.17) is 4.74 Å². The third-order valence-electron chi connectivity index (χ3n) is 4.72. The summed E-state index contributed by atoms with van der Waals surface area (Å²) in [6, 6.07) is 1.67. The van der Waals surface area contributed by atoms with Gasteiger partial charge in [0.15, 0.2) is 5.82 Å². The number of anilines is 1. The molecule has 1 saturated heterocycles. The van der Waals surface area contributed by atoms with Gasteiger partial charge in [-0.05, 0) is 18.8 Å². The number of hydrogen-bond donors (Lipinski definition) is 0. The molecule has 0 radical (unpaired) electrons. The lowest BCUT2D eigenvalue weighted by Gasteiger charge is -2.31. The van der Waals surface area contributed by atoms with Crippen molar-refractivity contribution >= 4 is 16.7 Å². The third-order valence-corrected chi connectivity index (χ3v) is 5.53. The molecule has 1 aliphatic heterocycles. The van der Waals surface area contributed by atoms with E-state index in [0.29, 0.717) is 12.5 Å². The Labute approximate surface area is 158 Å². The normalized spacial score (nSPS) is 16.2. The van der Waals surface area contributed by atoms with Gasteiger partial charge in [0.05, 0.1) is 12.0 Å². The zero-order valence-electron chi connectivity index (χ0n) is 15.9. The minimum absolute atomic E-state index is 0.0423. The van der Waals surface area contributed by atoms with E-state index in [1.165, 1.54) is 11.5 Å². The molecule has 7 nitrogen and oxygen atoms in total. The van der Waals surface area contributed by atoms with Gasteiger partial charge in [0.2, 0.25) is 5.13 Å². The second kappa shape index (κ2) is 7.84. The van der Waals surface area contributed by atoms with Gasteiger partial charge in [0.25, 0.3) is 5.56 Å². The maximum Gasteiger partial charge on any atom is 0.253 e. The summed E-state index contributed by atoms with van der Waals surface area (Å²) in [6.45, 7) is 9.27. The van der Waals surface area contributed by atoms with E-state index in [1.54, 1.807) is 24.1 Å². The Morgan fingerprint density at radius 2 is 2.04 bits per heavy atom. The van der Waals surface area contributed by atoms with E-state index in [9.17, 15) is 4.79 Å². The Bertz CT molecular complexity index is 787. The molecule has 3 rings (SSSR count). The molecule has 0 aliphatic carbocycles. The molecule has 0 saturated carbocycles. The highest BCUT2D eigenvalue weighted by atomic mass is 32.1. The van der Waals surface area contributed by atoms with Crippen LogP contribution in [-0.4, -0.2) is 39.1 Å². The van der Waals surface area contributed by atoms with Crippen LogP contribution in [0.15, 0.2) is 17.2 Å². The number of ether oxygens (including phenoxy) is 1. The van der Waals surface area contributed by atoms with Crippen LogP contribution in [0.25, 0.3) is 0 Å². The smallest absolute Gasteiger partial charge is 0.253 e. The van der Waals surface area contributed by atoms with E-state index >= 15 is 0 Å². The number of nitrogens with zero attached hydrogens (tertiary/aromatic N) is 5. The molecule has 0 bridgehead atoms. The van der Waals surface area contributed by atoms with Crippen LogP contribution >= 0.6 is 11.5 Å². The van der Waals surface area contributed by atoms with Crippen LogP contribution in [0.4, 0.5) is 5.13 Å². The third kappa shape index (κ3) is 4.48. The second-order valence-electron chi connectivity index (χ2n) is 7.87. The molecule has 2 aromatic rings. The predicted molar refractivity (Wildman–Crippen MR) is 103 cm³/mol. The fourth-order valence-corrected chi connectivity index (χ4v) is 3.84. The lowest BCUT2D eigenvalue weighted by atomic mass is 9.92. The van der Waals surface area contributed by atoms with Gasteiger partial charge >= 0.3 is 0 Å². The first kappa shape index (κ1) is 19.0. The van der Waals surface area contributed by atoms with Crippen molar-refractivity contribution in [1.82, 2.24) is 18.9 Å². The molecule has 0 N–H and O–H groups in total. The van der Waals surface area contributed by atoms with E-state index < -0.39 is 0 Å². The van der Waals surface area contributed by atoms with Crippen molar-refractivity contribution in [2.75, 3.05) is 25.1 Å². The molecule has 142 valence electrons. The molecule has 1 aliphatic rings. The molecule has 2 aromatic heterocycles. The van der Waals surface area contributed by atoms with E-state index in [-0.39, 0.29) is 11.0 Å². The Morgan fingerprint density at radius 3 is 2.65 bits per heavy atom. The summed E-state index contributed by atoms with van der Waals surface area (Å²) in [5.74, 6) is 1.23. The van der Waals surface area contributed by atoms with Crippen molar-refractivity contribution in [3.63, 3.8) is 0 Å². The molecule has 0 spiro atoms. The van der Waals surface area contributed by atoms with Crippen LogP contribution in [0.3, 0.4) is 0 Å². The fraction of sp³-hybridized carbons (Fsp3) is 0.667. The number of hydrogen-bond acceptors (Lipinski definition) is 7. The lowest BCUT2D eigenvalue weighted by molar-refractivity contribution is 0.179. The average molecular weight is 378 g/mol.